The third kappa shape index (κ3) is 5.69. The molecule has 2 aromatic heterocycles. The van der Waals surface area contributed by atoms with Gasteiger partial charge in [-0.2, -0.15) is 4.98 Å². The van der Waals surface area contributed by atoms with Gasteiger partial charge >= 0.3 is 5.97 Å². The molecule has 3 rings (SSSR count). The molecular weight excluding hydrogens is 392 g/mol. The van der Waals surface area contributed by atoms with Crippen molar-refractivity contribution in [3.05, 3.63) is 29.3 Å². The number of carbonyl (C=O) groups excluding carboxylic acids is 1. The Kier molecular flexibility index (Phi) is 7.46. The third-order valence-corrected chi connectivity index (χ3v) is 5.27. The van der Waals surface area contributed by atoms with E-state index in [1.165, 1.54) is 38.3 Å². The highest BCUT2D eigenvalue weighted by molar-refractivity contribution is 6.35. The van der Waals surface area contributed by atoms with Crippen molar-refractivity contribution in [3.63, 3.8) is 0 Å². The van der Waals surface area contributed by atoms with Gasteiger partial charge in [-0.1, -0.05) is 30.9 Å². The molecule has 0 radical (unpaired) electrons. The first-order chi connectivity index (χ1) is 14.1. The summed E-state index contributed by atoms with van der Waals surface area (Å²) in [5.74, 6) is 0.650. The summed E-state index contributed by atoms with van der Waals surface area (Å²) in [6.07, 6.45) is 12.6. The average molecular weight is 419 g/mol. The fourth-order valence-corrected chi connectivity index (χ4v) is 3.83. The van der Waals surface area contributed by atoms with E-state index in [9.17, 15) is 4.79 Å². The number of hydrogen-bond acceptors (Lipinski definition) is 7. The highest BCUT2D eigenvalue weighted by atomic mass is 35.5. The van der Waals surface area contributed by atoms with Crippen molar-refractivity contribution < 1.29 is 9.53 Å². The Morgan fingerprint density at radius 1 is 1.41 bits per heavy atom. The molecule has 1 aliphatic carbocycles. The molecule has 0 aliphatic heterocycles. The van der Waals surface area contributed by atoms with Gasteiger partial charge in [0, 0.05) is 31.4 Å². The van der Waals surface area contributed by atoms with Crippen LogP contribution in [0.25, 0.3) is 11.0 Å². The van der Waals surface area contributed by atoms with E-state index in [4.69, 9.17) is 21.7 Å². The van der Waals surface area contributed by atoms with Crippen LogP contribution in [0.15, 0.2) is 24.3 Å². The molecule has 1 fully saturated rings. The van der Waals surface area contributed by atoms with Crippen LogP contribution in [0.5, 0.6) is 0 Å². The van der Waals surface area contributed by atoms with Gasteiger partial charge in [-0.05, 0) is 25.7 Å². The highest BCUT2D eigenvalue weighted by Crippen LogP contribution is 2.29. The van der Waals surface area contributed by atoms with Gasteiger partial charge < -0.3 is 25.3 Å². The van der Waals surface area contributed by atoms with E-state index in [1.54, 1.807) is 13.1 Å². The number of allylic oxidation sites excluding steroid dienone is 1. The summed E-state index contributed by atoms with van der Waals surface area (Å²) in [5, 5.41) is 14.8. The minimum atomic E-state index is -0.360. The van der Waals surface area contributed by atoms with Crippen molar-refractivity contribution in [2.75, 3.05) is 18.5 Å². The largest absolute Gasteiger partial charge is 0.465 e. The molecule has 0 atom stereocenters. The number of aromatic nitrogens is 3. The molecule has 0 saturated heterocycles. The quantitative estimate of drug-likeness (QED) is 0.423. The Morgan fingerprint density at radius 2 is 2.21 bits per heavy atom. The van der Waals surface area contributed by atoms with Crippen LogP contribution < -0.4 is 10.6 Å². The summed E-state index contributed by atoms with van der Waals surface area (Å²) in [7, 11) is 0. The molecule has 9 heteroatoms. The van der Waals surface area contributed by atoms with E-state index in [-0.39, 0.29) is 12.5 Å². The number of halogens is 1. The lowest BCUT2D eigenvalue weighted by atomic mass is 9.89. The van der Waals surface area contributed by atoms with Crippen molar-refractivity contribution in [1.82, 2.24) is 19.9 Å². The van der Waals surface area contributed by atoms with Crippen LogP contribution in [0.3, 0.4) is 0 Å². The molecule has 0 spiro atoms. The highest BCUT2D eigenvalue weighted by Gasteiger charge is 2.17. The number of ether oxygens (including phenoxy) is 1. The number of nitrogens with zero attached hydrogens (tertiary/aromatic N) is 3. The minimum absolute atomic E-state index is 0.0204. The van der Waals surface area contributed by atoms with Gasteiger partial charge in [0.2, 0.25) is 5.95 Å². The fraction of sp³-hybridized carbons (Fsp3) is 0.500. The van der Waals surface area contributed by atoms with E-state index < -0.39 is 0 Å². The van der Waals surface area contributed by atoms with Crippen molar-refractivity contribution in [1.29, 1.82) is 5.41 Å². The first-order valence-corrected chi connectivity index (χ1v) is 10.4. The molecule has 29 heavy (non-hydrogen) atoms. The van der Waals surface area contributed by atoms with E-state index in [0.717, 1.165) is 23.8 Å². The van der Waals surface area contributed by atoms with Crippen molar-refractivity contribution >= 4 is 40.8 Å². The fourth-order valence-electron chi connectivity index (χ4n) is 3.57. The van der Waals surface area contributed by atoms with Gasteiger partial charge in [-0.15, -0.1) is 0 Å². The van der Waals surface area contributed by atoms with E-state index in [2.05, 4.69) is 25.2 Å². The number of anilines is 1. The topological polar surface area (TPSA) is 105 Å². The second kappa shape index (κ2) is 10.2. The Balaban J connectivity index is 1.72. The molecule has 156 valence electrons. The lowest BCUT2D eigenvalue weighted by Crippen LogP contribution is -2.21. The zero-order valence-corrected chi connectivity index (χ0v) is 17.3. The van der Waals surface area contributed by atoms with Gasteiger partial charge in [0.05, 0.1) is 22.7 Å². The summed E-state index contributed by atoms with van der Waals surface area (Å²) in [6.45, 7) is 3.00. The Labute approximate surface area is 175 Å². The molecule has 1 saturated carbocycles. The molecular formula is C20H27ClN6O2. The number of esters is 1. The van der Waals surface area contributed by atoms with Crippen LogP contribution in [0.4, 0.5) is 5.95 Å². The summed E-state index contributed by atoms with van der Waals surface area (Å²) in [4.78, 5) is 20.3. The molecule has 0 aromatic carbocycles. The first-order valence-electron chi connectivity index (χ1n) is 9.98. The third-order valence-electron chi connectivity index (χ3n) is 4.97. The monoisotopic (exact) mass is 418 g/mol. The SMILES string of the molecule is CCOC(=O)CN/C=C(\C=N)Nc1ncc2c(Cl)cn(CC3CCCCC3)c2n1. The Morgan fingerprint density at radius 3 is 2.93 bits per heavy atom. The van der Waals surface area contributed by atoms with Gasteiger partial charge in [-0.3, -0.25) is 4.79 Å². The van der Waals surface area contributed by atoms with Gasteiger partial charge in [-0.25, -0.2) is 4.98 Å². The maximum Gasteiger partial charge on any atom is 0.325 e. The molecule has 0 amide bonds. The second-order valence-electron chi connectivity index (χ2n) is 7.12. The second-order valence-corrected chi connectivity index (χ2v) is 7.53. The van der Waals surface area contributed by atoms with Crippen LogP contribution in [0.1, 0.15) is 39.0 Å². The standard InChI is InChI=1S/C20H27ClN6O2/c1-2-29-18(28)11-23-9-15(8-22)25-20-24-10-16-17(21)13-27(19(16)26-20)12-14-6-4-3-5-7-14/h8-10,13-14,22-23H,2-7,11-12H2,1H3,(H,24,25,26)/b15-9+,22-8?. The van der Waals surface area contributed by atoms with Crippen molar-refractivity contribution in [2.45, 2.75) is 45.6 Å². The van der Waals surface area contributed by atoms with Crippen LogP contribution >= 0.6 is 11.6 Å². The predicted octanol–water partition coefficient (Wildman–Crippen LogP) is 3.72. The summed E-state index contributed by atoms with van der Waals surface area (Å²) in [5.41, 5.74) is 1.20. The maximum absolute atomic E-state index is 11.4. The average Bonchev–Trinajstić information content (AvgIpc) is 3.03. The Hall–Kier alpha value is -2.61. The van der Waals surface area contributed by atoms with Gasteiger partial charge in [0.25, 0.3) is 0 Å². The molecule has 3 N–H and O–H groups in total. The van der Waals surface area contributed by atoms with Gasteiger partial charge in [0.15, 0.2) is 0 Å². The van der Waals surface area contributed by atoms with Gasteiger partial charge in [0.1, 0.15) is 12.2 Å². The normalized spacial score (nSPS) is 15.3. The van der Waals surface area contributed by atoms with E-state index >= 15 is 0 Å². The number of fused-ring (bicyclic) bond motifs is 1. The van der Waals surface area contributed by atoms with E-state index in [1.807, 2.05) is 6.20 Å². The number of nitrogens with one attached hydrogen (secondary N) is 3. The lowest BCUT2D eigenvalue weighted by Gasteiger charge is -2.22. The molecule has 8 nitrogen and oxygen atoms in total. The summed E-state index contributed by atoms with van der Waals surface area (Å²) < 4.78 is 6.96. The molecule has 1 aliphatic rings. The zero-order chi connectivity index (χ0) is 20.6. The number of rotatable bonds is 9. The number of carbonyl (C=O) groups is 1. The Bertz CT molecular complexity index is 888. The van der Waals surface area contributed by atoms with Crippen molar-refractivity contribution in [2.24, 2.45) is 5.92 Å². The number of hydrogen-bond donors (Lipinski definition) is 3. The maximum atomic E-state index is 11.4. The van der Waals surface area contributed by atoms with E-state index in [0.29, 0.717) is 29.2 Å². The molecule has 0 unspecified atom stereocenters. The smallest absolute Gasteiger partial charge is 0.325 e. The van der Waals surface area contributed by atoms with Crippen molar-refractivity contribution in [3.8, 4) is 0 Å². The first kappa shape index (κ1) is 21.1. The molecule has 2 heterocycles. The predicted molar refractivity (Wildman–Crippen MR) is 114 cm³/mol. The zero-order valence-electron chi connectivity index (χ0n) is 16.6. The van der Waals surface area contributed by atoms with Crippen LogP contribution in [-0.2, 0) is 16.1 Å². The van der Waals surface area contributed by atoms with Crippen LogP contribution in [0.2, 0.25) is 5.02 Å². The molecule has 2 aromatic rings. The van der Waals surface area contributed by atoms with Crippen LogP contribution in [-0.4, -0.2) is 39.9 Å². The summed E-state index contributed by atoms with van der Waals surface area (Å²) >= 11 is 6.38. The van der Waals surface area contributed by atoms with Crippen LogP contribution in [0, 0.1) is 11.3 Å². The minimum Gasteiger partial charge on any atom is -0.465 e. The molecule has 0 bridgehead atoms. The summed E-state index contributed by atoms with van der Waals surface area (Å²) in [6, 6.07) is 0. The lowest BCUT2D eigenvalue weighted by molar-refractivity contribution is -0.141.